The molecule has 144 valence electrons. The lowest BCUT2D eigenvalue weighted by Gasteiger charge is -2.17. The molecular weight excluding hydrogens is 387 g/mol. The molecule has 2 heterocycles. The van der Waals surface area contributed by atoms with E-state index in [0.717, 1.165) is 21.5 Å². The van der Waals surface area contributed by atoms with Gasteiger partial charge < -0.3 is 4.57 Å². The highest BCUT2D eigenvalue weighted by molar-refractivity contribution is 7.11. The zero-order valence-corrected chi connectivity index (χ0v) is 16.2. The van der Waals surface area contributed by atoms with Crippen molar-refractivity contribution >= 4 is 11.3 Å². The fraction of sp³-hybridized carbons (Fsp3) is 0.250. The average molecular weight is 403 g/mol. The van der Waals surface area contributed by atoms with E-state index in [9.17, 15) is 23.2 Å². The summed E-state index contributed by atoms with van der Waals surface area (Å²) in [5.74, 6) is 0. The molecule has 28 heavy (non-hydrogen) atoms. The summed E-state index contributed by atoms with van der Waals surface area (Å²) in [6, 6.07) is 9.19. The van der Waals surface area contributed by atoms with Crippen molar-refractivity contribution in [3.05, 3.63) is 73.0 Å². The summed E-state index contributed by atoms with van der Waals surface area (Å²) in [6.45, 7) is 5.46. The van der Waals surface area contributed by atoms with Crippen LogP contribution in [0.1, 0.15) is 32.3 Å². The Bertz CT molecular complexity index is 1150. The van der Waals surface area contributed by atoms with Crippen LogP contribution < -0.4 is 5.56 Å². The summed E-state index contributed by atoms with van der Waals surface area (Å²) in [7, 11) is 0. The van der Waals surface area contributed by atoms with Gasteiger partial charge in [0.2, 0.25) is 0 Å². The van der Waals surface area contributed by atoms with Gasteiger partial charge in [-0.1, -0.05) is 23.8 Å². The minimum absolute atomic E-state index is 0.00883. The molecule has 4 nitrogen and oxygen atoms in total. The molecule has 0 radical (unpaired) electrons. The summed E-state index contributed by atoms with van der Waals surface area (Å²) in [5.41, 5.74) is -1.09. The Morgan fingerprint density at radius 1 is 1.21 bits per heavy atom. The highest BCUT2D eigenvalue weighted by Crippen LogP contribution is 2.34. The Morgan fingerprint density at radius 2 is 1.93 bits per heavy atom. The molecule has 0 amide bonds. The lowest BCUT2D eigenvalue weighted by Crippen LogP contribution is -2.29. The Morgan fingerprint density at radius 3 is 2.46 bits per heavy atom. The van der Waals surface area contributed by atoms with Gasteiger partial charge in [0.05, 0.1) is 28.5 Å². The van der Waals surface area contributed by atoms with E-state index < -0.39 is 22.9 Å². The minimum atomic E-state index is -4.81. The smallest absolute Gasteiger partial charge is 0.301 e. The second-order valence-corrected chi connectivity index (χ2v) is 7.83. The summed E-state index contributed by atoms with van der Waals surface area (Å²) < 4.78 is 41.7. The first-order valence-corrected chi connectivity index (χ1v) is 9.18. The fourth-order valence-corrected chi connectivity index (χ4v) is 3.87. The van der Waals surface area contributed by atoms with Gasteiger partial charge in [-0.2, -0.15) is 18.4 Å². The number of thiazole rings is 1. The number of rotatable bonds is 3. The zero-order valence-electron chi connectivity index (χ0n) is 15.4. The van der Waals surface area contributed by atoms with Crippen molar-refractivity contribution in [2.45, 2.75) is 33.5 Å². The molecule has 0 atom stereocenters. The van der Waals surface area contributed by atoms with E-state index >= 15 is 0 Å². The molecule has 0 unspecified atom stereocenters. The van der Waals surface area contributed by atoms with Crippen molar-refractivity contribution in [3.8, 4) is 17.3 Å². The van der Waals surface area contributed by atoms with Gasteiger partial charge in [0.25, 0.3) is 5.56 Å². The summed E-state index contributed by atoms with van der Waals surface area (Å²) >= 11 is 1.44. The van der Waals surface area contributed by atoms with Crippen LogP contribution in [0.2, 0.25) is 0 Å². The van der Waals surface area contributed by atoms with E-state index in [0.29, 0.717) is 11.3 Å². The van der Waals surface area contributed by atoms with Gasteiger partial charge in [-0.3, -0.25) is 4.79 Å². The Balaban J connectivity index is 2.34. The van der Waals surface area contributed by atoms with E-state index in [-0.39, 0.29) is 12.2 Å². The molecule has 1 aromatic carbocycles. The van der Waals surface area contributed by atoms with Crippen LogP contribution in [-0.4, -0.2) is 9.55 Å². The first-order chi connectivity index (χ1) is 13.1. The van der Waals surface area contributed by atoms with Gasteiger partial charge >= 0.3 is 6.18 Å². The number of aryl methyl sites for hydroxylation is 3. The Labute approximate surface area is 163 Å². The van der Waals surface area contributed by atoms with E-state index in [4.69, 9.17) is 0 Å². The number of benzene rings is 1. The van der Waals surface area contributed by atoms with Crippen molar-refractivity contribution in [1.29, 1.82) is 5.26 Å². The molecule has 0 fully saturated rings. The van der Waals surface area contributed by atoms with Crippen molar-refractivity contribution < 1.29 is 13.2 Å². The van der Waals surface area contributed by atoms with Crippen LogP contribution in [0.25, 0.3) is 11.3 Å². The maximum Gasteiger partial charge on any atom is 0.417 e. The second-order valence-electron chi connectivity index (χ2n) is 6.42. The van der Waals surface area contributed by atoms with Gasteiger partial charge in [0, 0.05) is 4.88 Å². The van der Waals surface area contributed by atoms with Crippen LogP contribution in [0.4, 0.5) is 13.2 Å². The number of hydrogen-bond acceptors (Lipinski definition) is 4. The van der Waals surface area contributed by atoms with E-state index in [1.54, 1.807) is 18.2 Å². The van der Waals surface area contributed by atoms with Crippen molar-refractivity contribution in [2.75, 3.05) is 0 Å². The van der Waals surface area contributed by atoms with Crippen molar-refractivity contribution in [1.82, 2.24) is 9.55 Å². The molecule has 2 aromatic heterocycles. The largest absolute Gasteiger partial charge is 0.417 e. The summed E-state index contributed by atoms with van der Waals surface area (Å²) in [6.07, 6.45) is -4.81. The molecule has 0 saturated carbocycles. The number of hydrogen-bond donors (Lipinski definition) is 0. The van der Waals surface area contributed by atoms with Crippen LogP contribution >= 0.6 is 11.3 Å². The standard InChI is InChI=1S/C20H16F3N3OS/c1-11-5-4-6-14(7-11)18-8-16(20(21,22)23)15(9-24)19(27)26(18)10-17-12(2)28-13(3)25-17/h4-8H,10H2,1-3H3. The molecular formula is C20H16F3N3OS. The summed E-state index contributed by atoms with van der Waals surface area (Å²) in [4.78, 5) is 18.1. The monoisotopic (exact) mass is 403 g/mol. The first-order valence-electron chi connectivity index (χ1n) is 8.37. The molecule has 3 aromatic rings. The van der Waals surface area contributed by atoms with Gasteiger partial charge in [-0.25, -0.2) is 4.98 Å². The highest BCUT2D eigenvalue weighted by atomic mass is 32.1. The van der Waals surface area contributed by atoms with Crippen LogP contribution in [0.5, 0.6) is 0 Å². The fourth-order valence-electron chi connectivity index (χ4n) is 3.05. The topological polar surface area (TPSA) is 58.7 Å². The predicted octanol–water partition coefficient (Wildman–Crippen LogP) is 4.84. The third kappa shape index (κ3) is 3.71. The number of alkyl halides is 3. The molecule has 0 aliphatic heterocycles. The maximum atomic E-state index is 13.5. The predicted molar refractivity (Wildman–Crippen MR) is 101 cm³/mol. The van der Waals surface area contributed by atoms with Gasteiger partial charge in [-0.15, -0.1) is 11.3 Å². The zero-order chi connectivity index (χ0) is 20.6. The van der Waals surface area contributed by atoms with E-state index in [1.807, 2.05) is 26.8 Å². The lowest BCUT2D eigenvalue weighted by molar-refractivity contribution is -0.137. The molecule has 0 bridgehead atoms. The van der Waals surface area contributed by atoms with Crippen LogP contribution in [0.3, 0.4) is 0 Å². The van der Waals surface area contributed by atoms with Crippen molar-refractivity contribution in [3.63, 3.8) is 0 Å². The number of nitriles is 1. The molecule has 0 spiro atoms. The average Bonchev–Trinajstić information content (AvgIpc) is 2.92. The number of halogens is 3. The van der Waals surface area contributed by atoms with Gasteiger partial charge in [0.15, 0.2) is 0 Å². The summed E-state index contributed by atoms with van der Waals surface area (Å²) in [5, 5.41) is 10.0. The minimum Gasteiger partial charge on any atom is -0.301 e. The quantitative estimate of drug-likeness (QED) is 0.629. The normalized spacial score (nSPS) is 11.5. The Kier molecular flexibility index (Phi) is 5.13. The Hall–Kier alpha value is -2.92. The molecule has 0 saturated heterocycles. The molecule has 0 aliphatic carbocycles. The number of nitrogens with zero attached hydrogens (tertiary/aromatic N) is 3. The number of aromatic nitrogens is 2. The van der Waals surface area contributed by atoms with Crippen LogP contribution in [0.15, 0.2) is 35.1 Å². The van der Waals surface area contributed by atoms with Crippen LogP contribution in [0, 0.1) is 32.1 Å². The molecule has 3 rings (SSSR count). The molecule has 0 N–H and O–H groups in total. The maximum absolute atomic E-state index is 13.5. The molecule has 8 heteroatoms. The lowest BCUT2D eigenvalue weighted by atomic mass is 10.0. The molecule has 0 aliphatic rings. The van der Waals surface area contributed by atoms with E-state index in [2.05, 4.69) is 4.98 Å². The highest BCUT2D eigenvalue weighted by Gasteiger charge is 2.36. The first kappa shape index (κ1) is 19.8. The second kappa shape index (κ2) is 7.24. The van der Waals surface area contributed by atoms with Gasteiger partial charge in [0.1, 0.15) is 11.6 Å². The van der Waals surface area contributed by atoms with Gasteiger partial charge in [-0.05, 0) is 38.5 Å². The third-order valence-electron chi connectivity index (χ3n) is 4.34. The van der Waals surface area contributed by atoms with E-state index in [1.165, 1.54) is 22.0 Å². The van der Waals surface area contributed by atoms with Crippen molar-refractivity contribution in [2.24, 2.45) is 0 Å². The third-order valence-corrected chi connectivity index (χ3v) is 5.27. The van der Waals surface area contributed by atoms with Crippen LogP contribution in [-0.2, 0) is 12.7 Å². The number of pyridine rings is 1. The SMILES string of the molecule is Cc1cccc(-c2cc(C(F)(F)F)c(C#N)c(=O)n2Cc2nc(C)sc2C)c1.